The Morgan fingerprint density at radius 3 is 1.03 bits per heavy atom. The molecule has 0 amide bonds. The van der Waals surface area contributed by atoms with Gasteiger partial charge in [0.15, 0.2) is 0 Å². The molecule has 22 nitrogen and oxygen atoms in total. The second kappa shape index (κ2) is 26.7. The summed E-state index contributed by atoms with van der Waals surface area (Å²) >= 11 is 0. The van der Waals surface area contributed by atoms with Gasteiger partial charge in [0.25, 0.3) is 0 Å². The second-order valence-corrected chi connectivity index (χ2v) is 20.8. The van der Waals surface area contributed by atoms with Crippen LogP contribution in [0.1, 0.15) is 11.1 Å². The minimum atomic E-state index is -5.35. The Labute approximate surface area is 523 Å². The van der Waals surface area contributed by atoms with E-state index in [0.29, 0.717) is 11.4 Å². The first kappa shape index (κ1) is 64.4. The van der Waals surface area contributed by atoms with Crippen LogP contribution in [-0.2, 0) is 53.3 Å². The van der Waals surface area contributed by atoms with E-state index >= 15 is 0 Å². The normalized spacial score (nSPS) is 12.5. The Kier molecular flexibility index (Phi) is 22.7. The molecule has 0 aliphatic rings. The van der Waals surface area contributed by atoms with Gasteiger partial charge < -0.3 is 28.6 Å². The third kappa shape index (κ3) is 15.8. The van der Waals surface area contributed by atoms with Crippen LogP contribution in [0.5, 0.6) is 0 Å². The zero-order chi connectivity index (χ0) is 51.6. The molecule has 76 heavy (non-hydrogen) atoms. The summed E-state index contributed by atoms with van der Waals surface area (Å²) in [5, 5.41) is 51.9. The molecule has 0 spiro atoms. The topological polar surface area (TPSA) is 355 Å². The van der Waals surface area contributed by atoms with Crippen molar-refractivity contribution in [2.75, 3.05) is 0 Å². The summed E-state index contributed by atoms with van der Waals surface area (Å²) in [5.41, 5.74) is -0.426. The summed E-state index contributed by atoms with van der Waals surface area (Å²) in [4.78, 5) is -3.04. The van der Waals surface area contributed by atoms with Crippen LogP contribution in [0.4, 0.5) is 45.5 Å². The number of rotatable bonds is 15. The minimum Gasteiger partial charge on any atom is -0.744 e. The van der Waals surface area contributed by atoms with Crippen molar-refractivity contribution in [3.05, 3.63) is 179 Å². The molecule has 0 atom stereocenters. The van der Waals surface area contributed by atoms with Gasteiger partial charge in [0.05, 0.1) is 42.3 Å². The fourth-order valence-corrected chi connectivity index (χ4v) is 9.75. The third-order valence-electron chi connectivity index (χ3n) is 10.7. The van der Waals surface area contributed by atoms with Crippen molar-refractivity contribution in [2.24, 2.45) is 30.7 Å². The number of hydrogen-bond donors (Lipinski definition) is 0. The van der Waals surface area contributed by atoms with Gasteiger partial charge in [-0.3, -0.25) is 0 Å². The van der Waals surface area contributed by atoms with Gasteiger partial charge in [-0.1, -0.05) is 70.4 Å². The van der Waals surface area contributed by atoms with E-state index in [9.17, 15) is 62.3 Å². The maximum Gasteiger partial charge on any atom is 1.00 e. The average Bonchev–Trinajstić information content (AvgIpc) is 3.34. The first-order chi connectivity index (χ1) is 34.0. The number of hydrogen-bond acceptors (Lipinski definition) is 20. The fourth-order valence-electron chi connectivity index (χ4n) is 7.25. The van der Waals surface area contributed by atoms with Crippen LogP contribution < -0.4 is 118 Å². The van der Waals surface area contributed by atoms with E-state index in [1.807, 2.05) is 0 Å². The van der Waals surface area contributed by atoms with Crippen LogP contribution >= 0.6 is 0 Å². The monoisotopic (exact) mass is 1140 g/mol. The molecule has 0 fully saturated rings. The molecule has 0 radical (unpaired) electrons. The molecule has 0 bridgehead atoms. The largest absolute Gasteiger partial charge is 1.00 e. The van der Waals surface area contributed by atoms with Crippen LogP contribution in [0.25, 0.3) is 21.5 Å². The van der Waals surface area contributed by atoms with Crippen LogP contribution in [0, 0.1) is 10.4 Å². The van der Waals surface area contributed by atoms with Crippen molar-refractivity contribution >= 4 is 108 Å². The van der Waals surface area contributed by atoms with Gasteiger partial charge in [-0.15, -0.1) is 10.2 Å². The number of aryl methyl sites for hydroxylation is 2. The molecule has 0 aromatic heterocycles. The molecule has 0 aliphatic heterocycles. The third-order valence-corrected chi connectivity index (χ3v) is 14.2. The molecule has 8 rings (SSSR count). The van der Waals surface area contributed by atoms with Crippen molar-refractivity contribution in [3.8, 4) is 0 Å². The molecule has 8 aromatic carbocycles. The Morgan fingerprint density at radius 1 is 0.355 bits per heavy atom. The van der Waals surface area contributed by atoms with Crippen LogP contribution in [-0.4, -0.2) is 61.6 Å². The Morgan fingerprint density at radius 2 is 0.697 bits per heavy atom. The first-order valence-corrected chi connectivity index (χ1v) is 26.2. The minimum absolute atomic E-state index is 0. The standard InChI is InChI=1S/C46H34N8O14S4.4Na/c55-53(51-43-23-21-41(49-47-31-7-3-1-4-8-31)39-27-35(69(57,58)59)17-19-37(39)43)33-15-13-29(45(25-33)71(63,64)65)11-12-30-14-16-34(26-46(30)72(66,67)68)54(56)52-44-24-22-42(50-48-32-9-5-2-6-10-32)40-28-36(70(60,61)62)18-20-38(40)44;;;;/h1-10,13-28H,11-12H2,(H,57,58,59)(H,60,61,62)(H,63,64,65)(H,66,67,68);;;;/q;4*+1/p-4. The molecular formula is C46H30N8Na4O14S4. The Bertz CT molecular complexity index is 3830. The predicted molar refractivity (Wildman–Crippen MR) is 252 cm³/mol. The van der Waals surface area contributed by atoms with Crippen LogP contribution in [0.15, 0.2) is 208 Å². The molecule has 8 aromatic rings. The molecular weight excluding hydrogens is 1110 g/mol. The van der Waals surface area contributed by atoms with Gasteiger partial charge in [-0.2, -0.15) is 10.2 Å². The van der Waals surface area contributed by atoms with Crippen molar-refractivity contribution in [1.82, 2.24) is 0 Å². The van der Waals surface area contributed by atoms with E-state index in [-0.39, 0.29) is 183 Å². The molecule has 0 unspecified atom stereocenters. The van der Waals surface area contributed by atoms with E-state index in [2.05, 4.69) is 30.7 Å². The molecule has 0 saturated carbocycles. The van der Waals surface area contributed by atoms with Gasteiger partial charge in [0.2, 0.25) is 11.4 Å². The number of nitrogens with zero attached hydrogens (tertiary/aromatic N) is 8. The SMILES string of the molecule is O=S(=O)([O-])c1ccc2c(N=[N+]([O-])c3ccc(CCc4ccc([N+]([O-])=Nc5ccc(N=Nc6ccccc6)c6cc(S(=O)(=O)[O-])ccc56)cc4S(=O)(=O)[O-])c(S(=O)(=O)[O-])c3)ccc(N=Nc3ccccc3)c2c1.[Na+].[Na+].[Na+].[Na+]. The summed E-state index contributed by atoms with van der Waals surface area (Å²) in [6.45, 7) is 0. The Balaban J connectivity index is 0.00000312. The van der Waals surface area contributed by atoms with Crippen molar-refractivity contribution in [2.45, 2.75) is 32.4 Å². The molecule has 0 heterocycles. The van der Waals surface area contributed by atoms with E-state index in [1.165, 1.54) is 36.4 Å². The van der Waals surface area contributed by atoms with E-state index in [1.54, 1.807) is 60.7 Å². The summed E-state index contributed by atoms with van der Waals surface area (Å²) < 4.78 is 147. The molecule has 30 heteroatoms. The maximum absolute atomic E-state index is 13.5. The van der Waals surface area contributed by atoms with Crippen molar-refractivity contribution < 1.29 is 180 Å². The van der Waals surface area contributed by atoms with Gasteiger partial charge >= 0.3 is 118 Å². The summed E-state index contributed by atoms with van der Waals surface area (Å²) in [6, 6.07) is 34.6. The summed E-state index contributed by atoms with van der Waals surface area (Å²) in [7, 11) is -20.6. The molecule has 0 saturated heterocycles. The summed E-state index contributed by atoms with van der Waals surface area (Å²) in [5.74, 6) is 0. The van der Waals surface area contributed by atoms with Gasteiger partial charge in [-0.25, -0.2) is 33.7 Å². The number of benzene rings is 8. The molecule has 366 valence electrons. The van der Waals surface area contributed by atoms with E-state index < -0.39 is 84.3 Å². The zero-order valence-electron chi connectivity index (χ0n) is 40.4. The number of azo groups is 4. The first-order valence-electron chi connectivity index (χ1n) is 20.6. The van der Waals surface area contributed by atoms with Crippen molar-refractivity contribution in [3.63, 3.8) is 0 Å². The smallest absolute Gasteiger partial charge is 0.744 e. The summed E-state index contributed by atoms with van der Waals surface area (Å²) in [6.07, 6.45) is -0.786. The van der Waals surface area contributed by atoms with Crippen LogP contribution in [0.2, 0.25) is 0 Å². The average molecular weight is 1140 g/mol. The number of fused-ring (bicyclic) bond motifs is 2. The predicted octanol–water partition coefficient (Wildman–Crippen LogP) is -1.91. The molecule has 0 aliphatic carbocycles. The quantitative estimate of drug-likeness (QED) is 0.0356. The van der Waals surface area contributed by atoms with Gasteiger partial charge in [0.1, 0.15) is 51.8 Å². The van der Waals surface area contributed by atoms with Crippen molar-refractivity contribution in [1.29, 1.82) is 0 Å². The van der Waals surface area contributed by atoms with Crippen LogP contribution in [0.3, 0.4) is 0 Å². The Hall–Kier alpha value is -4.08. The van der Waals surface area contributed by atoms with Gasteiger partial charge in [-0.05, 0) is 96.8 Å². The molecule has 0 N–H and O–H groups in total. The van der Waals surface area contributed by atoms with E-state index in [4.69, 9.17) is 0 Å². The van der Waals surface area contributed by atoms with E-state index in [0.717, 1.165) is 60.7 Å². The maximum atomic E-state index is 13.5. The fraction of sp³-hybridized carbons (Fsp3) is 0.0435. The zero-order valence-corrected chi connectivity index (χ0v) is 51.6. The van der Waals surface area contributed by atoms with Gasteiger partial charge in [0, 0.05) is 56.0 Å². The second-order valence-electron chi connectivity index (χ2n) is 15.3.